The third-order valence-electron chi connectivity index (χ3n) is 2.90. The lowest BCUT2D eigenvalue weighted by atomic mass is 10.3. The van der Waals surface area contributed by atoms with Gasteiger partial charge in [0.1, 0.15) is 17.1 Å². The zero-order valence-electron chi connectivity index (χ0n) is 12.6. The average molecular weight is 326 g/mol. The minimum absolute atomic E-state index is 0.313. The van der Waals surface area contributed by atoms with Gasteiger partial charge < -0.3 is 10.6 Å². The van der Waals surface area contributed by atoms with E-state index in [1.54, 1.807) is 18.5 Å². The first-order valence-electron chi connectivity index (χ1n) is 6.86. The van der Waals surface area contributed by atoms with Crippen LogP contribution in [0.3, 0.4) is 0 Å². The molecule has 8 heteroatoms. The lowest BCUT2D eigenvalue weighted by molar-refractivity contribution is 0.102. The van der Waals surface area contributed by atoms with Gasteiger partial charge in [-0.15, -0.1) is 11.3 Å². The van der Waals surface area contributed by atoms with Gasteiger partial charge in [-0.05, 0) is 26.0 Å². The van der Waals surface area contributed by atoms with Crippen LogP contribution < -0.4 is 10.6 Å². The van der Waals surface area contributed by atoms with Crippen molar-refractivity contribution in [2.45, 2.75) is 13.8 Å². The van der Waals surface area contributed by atoms with Gasteiger partial charge in [0, 0.05) is 5.69 Å². The maximum atomic E-state index is 12.5. The summed E-state index contributed by atoms with van der Waals surface area (Å²) in [6, 6.07) is 5.44. The quantitative estimate of drug-likeness (QED) is 0.766. The lowest BCUT2D eigenvalue weighted by Crippen LogP contribution is -2.15. The summed E-state index contributed by atoms with van der Waals surface area (Å²) < 4.78 is 0. The molecule has 0 saturated carbocycles. The number of hydrogen-bond acceptors (Lipinski definition) is 7. The highest BCUT2D eigenvalue weighted by atomic mass is 32.1. The van der Waals surface area contributed by atoms with Crippen LogP contribution in [-0.4, -0.2) is 25.8 Å². The Labute approximate surface area is 136 Å². The van der Waals surface area contributed by atoms with Crippen molar-refractivity contribution < 1.29 is 4.79 Å². The first kappa shape index (κ1) is 15.0. The normalized spacial score (nSPS) is 10.3. The Bertz CT molecular complexity index is 833. The minimum Gasteiger partial charge on any atom is -0.343 e. The molecule has 0 spiro atoms. The second-order valence-corrected chi connectivity index (χ2v) is 5.98. The SMILES string of the molecule is Cc1cccc(NC(=O)c2nc(C)sc2Nc2cncnc2)n1. The molecular weight excluding hydrogens is 312 g/mol. The number of aryl methyl sites for hydroxylation is 2. The Morgan fingerprint density at radius 1 is 1.13 bits per heavy atom. The van der Waals surface area contributed by atoms with Crippen LogP contribution in [0.4, 0.5) is 16.5 Å². The molecule has 0 aliphatic carbocycles. The molecule has 0 aromatic carbocycles. The first-order valence-corrected chi connectivity index (χ1v) is 7.68. The van der Waals surface area contributed by atoms with Crippen molar-refractivity contribution in [3.63, 3.8) is 0 Å². The van der Waals surface area contributed by atoms with Gasteiger partial charge in [-0.1, -0.05) is 6.07 Å². The minimum atomic E-state index is -0.313. The second kappa shape index (κ2) is 6.49. The van der Waals surface area contributed by atoms with Crippen LogP contribution in [-0.2, 0) is 0 Å². The van der Waals surface area contributed by atoms with E-state index in [4.69, 9.17) is 0 Å². The molecule has 1 amide bonds. The fraction of sp³-hybridized carbons (Fsp3) is 0.133. The molecule has 0 radical (unpaired) electrons. The molecule has 0 fully saturated rings. The van der Waals surface area contributed by atoms with Crippen molar-refractivity contribution in [3.05, 3.63) is 53.3 Å². The van der Waals surface area contributed by atoms with E-state index >= 15 is 0 Å². The van der Waals surface area contributed by atoms with Crippen LogP contribution in [0.15, 0.2) is 36.9 Å². The number of carbonyl (C=O) groups excluding carboxylic acids is 1. The zero-order chi connectivity index (χ0) is 16.2. The van der Waals surface area contributed by atoms with E-state index in [1.165, 1.54) is 17.7 Å². The summed E-state index contributed by atoms with van der Waals surface area (Å²) in [5, 5.41) is 7.31. The van der Waals surface area contributed by atoms with Gasteiger partial charge in [0.25, 0.3) is 5.91 Å². The Kier molecular flexibility index (Phi) is 4.24. The van der Waals surface area contributed by atoms with Crippen molar-refractivity contribution in [3.8, 4) is 0 Å². The summed E-state index contributed by atoms with van der Waals surface area (Å²) in [6.45, 7) is 3.71. The molecule has 3 rings (SSSR count). The molecule has 23 heavy (non-hydrogen) atoms. The summed E-state index contributed by atoms with van der Waals surface area (Å²) in [6.07, 6.45) is 4.71. The summed E-state index contributed by atoms with van der Waals surface area (Å²) in [5.41, 5.74) is 1.84. The van der Waals surface area contributed by atoms with E-state index in [1.807, 2.05) is 26.0 Å². The molecule has 3 aromatic rings. The summed E-state index contributed by atoms with van der Waals surface area (Å²) in [4.78, 5) is 28.9. The predicted molar refractivity (Wildman–Crippen MR) is 89.1 cm³/mol. The Morgan fingerprint density at radius 3 is 2.65 bits per heavy atom. The molecule has 0 unspecified atom stereocenters. The number of nitrogens with one attached hydrogen (secondary N) is 2. The molecule has 2 N–H and O–H groups in total. The largest absolute Gasteiger partial charge is 0.343 e. The van der Waals surface area contributed by atoms with Gasteiger partial charge in [0.2, 0.25) is 0 Å². The highest BCUT2D eigenvalue weighted by molar-refractivity contribution is 7.16. The van der Waals surface area contributed by atoms with Crippen LogP contribution in [0.1, 0.15) is 21.2 Å². The smallest absolute Gasteiger partial charge is 0.278 e. The van der Waals surface area contributed by atoms with Crippen molar-refractivity contribution >= 4 is 33.8 Å². The molecule has 0 bridgehead atoms. The number of thiazole rings is 1. The zero-order valence-corrected chi connectivity index (χ0v) is 13.4. The second-order valence-electron chi connectivity index (χ2n) is 4.78. The average Bonchev–Trinajstić information content (AvgIpc) is 2.89. The molecular formula is C15H14N6OS. The van der Waals surface area contributed by atoms with E-state index < -0.39 is 0 Å². The monoisotopic (exact) mass is 326 g/mol. The number of amides is 1. The van der Waals surface area contributed by atoms with Crippen LogP contribution in [0, 0.1) is 13.8 Å². The highest BCUT2D eigenvalue weighted by Gasteiger charge is 2.18. The molecule has 3 heterocycles. The fourth-order valence-corrected chi connectivity index (χ4v) is 2.78. The molecule has 0 saturated heterocycles. The summed E-state index contributed by atoms with van der Waals surface area (Å²) in [5.74, 6) is 0.182. The standard InChI is InChI=1S/C15H14N6OS/c1-9-4-3-5-12(18-9)21-14(22)13-15(23-10(2)19-13)20-11-6-16-8-17-7-11/h3-8,20H,1-2H3,(H,18,21,22). The number of pyridine rings is 1. The van der Waals surface area contributed by atoms with E-state index in [9.17, 15) is 4.79 Å². The fourth-order valence-electron chi connectivity index (χ4n) is 1.95. The molecule has 0 aliphatic heterocycles. The number of hydrogen-bond donors (Lipinski definition) is 2. The Balaban J connectivity index is 1.83. The highest BCUT2D eigenvalue weighted by Crippen LogP contribution is 2.27. The van der Waals surface area contributed by atoms with Crippen LogP contribution in [0.5, 0.6) is 0 Å². The molecule has 0 aliphatic rings. The van der Waals surface area contributed by atoms with Gasteiger partial charge in [0.05, 0.1) is 23.1 Å². The third-order valence-corrected chi connectivity index (χ3v) is 3.78. The first-order chi connectivity index (χ1) is 11.1. The molecule has 0 atom stereocenters. The van der Waals surface area contributed by atoms with Gasteiger partial charge in [-0.3, -0.25) is 4.79 Å². The number of carbonyl (C=O) groups is 1. The Morgan fingerprint density at radius 2 is 1.91 bits per heavy atom. The number of anilines is 3. The van der Waals surface area contributed by atoms with Crippen molar-refractivity contribution in [1.29, 1.82) is 0 Å². The van der Waals surface area contributed by atoms with Gasteiger partial charge >= 0.3 is 0 Å². The van der Waals surface area contributed by atoms with E-state index in [2.05, 4.69) is 30.6 Å². The lowest BCUT2D eigenvalue weighted by Gasteiger charge is -2.06. The molecule has 116 valence electrons. The van der Waals surface area contributed by atoms with E-state index in [-0.39, 0.29) is 5.91 Å². The summed E-state index contributed by atoms with van der Waals surface area (Å²) in [7, 11) is 0. The van der Waals surface area contributed by atoms with E-state index in [0.717, 1.165) is 10.7 Å². The summed E-state index contributed by atoms with van der Waals surface area (Å²) >= 11 is 1.39. The van der Waals surface area contributed by atoms with Gasteiger partial charge in [0.15, 0.2) is 5.69 Å². The van der Waals surface area contributed by atoms with Crippen LogP contribution in [0.25, 0.3) is 0 Å². The van der Waals surface area contributed by atoms with Crippen LogP contribution >= 0.6 is 11.3 Å². The maximum absolute atomic E-state index is 12.5. The van der Waals surface area contributed by atoms with Crippen molar-refractivity contribution in [1.82, 2.24) is 19.9 Å². The van der Waals surface area contributed by atoms with Crippen molar-refractivity contribution in [2.75, 3.05) is 10.6 Å². The van der Waals surface area contributed by atoms with Crippen LogP contribution in [0.2, 0.25) is 0 Å². The number of nitrogens with zero attached hydrogens (tertiary/aromatic N) is 4. The topological polar surface area (TPSA) is 92.7 Å². The van der Waals surface area contributed by atoms with Gasteiger partial charge in [-0.2, -0.15) is 0 Å². The maximum Gasteiger partial charge on any atom is 0.278 e. The number of rotatable bonds is 4. The van der Waals surface area contributed by atoms with Gasteiger partial charge in [-0.25, -0.2) is 19.9 Å². The molecule has 3 aromatic heterocycles. The molecule has 7 nitrogen and oxygen atoms in total. The number of aromatic nitrogens is 4. The predicted octanol–water partition coefficient (Wildman–Crippen LogP) is 2.94. The third kappa shape index (κ3) is 3.67. The van der Waals surface area contributed by atoms with E-state index in [0.29, 0.717) is 22.2 Å². The Hall–Kier alpha value is -2.87. The van der Waals surface area contributed by atoms with Crippen molar-refractivity contribution in [2.24, 2.45) is 0 Å².